The second-order valence-corrected chi connectivity index (χ2v) is 10.6. The van der Waals surface area contributed by atoms with E-state index in [9.17, 15) is 14.4 Å². The maximum Gasteiger partial charge on any atom is 0.233 e. The zero-order valence-corrected chi connectivity index (χ0v) is 18.3. The van der Waals surface area contributed by atoms with E-state index in [1.54, 1.807) is 4.90 Å². The maximum absolute atomic E-state index is 13.3. The van der Waals surface area contributed by atoms with Crippen LogP contribution in [0.3, 0.4) is 0 Å². The van der Waals surface area contributed by atoms with Crippen molar-refractivity contribution in [2.24, 2.45) is 41.4 Å². The van der Waals surface area contributed by atoms with Crippen molar-refractivity contribution < 1.29 is 14.4 Å². The number of halogens is 1. The molecule has 1 heterocycles. The van der Waals surface area contributed by atoms with Crippen LogP contribution in [0.25, 0.3) is 0 Å². The van der Waals surface area contributed by atoms with Crippen LogP contribution in [0.4, 0.5) is 5.69 Å². The summed E-state index contributed by atoms with van der Waals surface area (Å²) in [7, 11) is 0. The number of allylic oxidation sites excluding steroid dienone is 2. The van der Waals surface area contributed by atoms with Gasteiger partial charge in [-0.2, -0.15) is 0 Å². The van der Waals surface area contributed by atoms with E-state index >= 15 is 0 Å². The molecule has 1 N–H and O–H groups in total. The summed E-state index contributed by atoms with van der Waals surface area (Å²) in [6.07, 6.45) is 8.52. The van der Waals surface area contributed by atoms with Gasteiger partial charge in [0, 0.05) is 22.1 Å². The number of carbonyl (C=O) groups is 3. The highest BCUT2D eigenvalue weighted by atomic mass is 79.9. The molecule has 1 saturated heterocycles. The van der Waals surface area contributed by atoms with Crippen molar-refractivity contribution in [1.82, 2.24) is 4.90 Å². The van der Waals surface area contributed by atoms with Crippen molar-refractivity contribution in [2.45, 2.75) is 38.1 Å². The lowest BCUT2D eigenvalue weighted by Gasteiger charge is -2.37. The molecule has 7 rings (SSSR count). The van der Waals surface area contributed by atoms with Gasteiger partial charge in [-0.1, -0.05) is 28.1 Å². The second-order valence-electron chi connectivity index (χ2n) is 9.70. The molecule has 5 nitrogen and oxygen atoms in total. The molecule has 3 saturated carbocycles. The average molecular weight is 469 g/mol. The van der Waals surface area contributed by atoms with Gasteiger partial charge in [-0.15, -0.1) is 0 Å². The van der Waals surface area contributed by atoms with E-state index in [0.717, 1.165) is 35.8 Å². The number of carbonyl (C=O) groups excluding carboxylic acids is 3. The number of anilines is 1. The Hall–Kier alpha value is -1.95. The molecule has 1 aliphatic heterocycles. The molecular formula is C24H25BrN2O3. The minimum atomic E-state index is -0.116. The topological polar surface area (TPSA) is 66.5 Å². The molecule has 0 aromatic heterocycles. The third kappa shape index (κ3) is 2.75. The Morgan fingerprint density at radius 3 is 2.03 bits per heavy atom. The monoisotopic (exact) mass is 468 g/mol. The summed E-state index contributed by atoms with van der Waals surface area (Å²) in [5.74, 6) is 1.70. The zero-order valence-electron chi connectivity index (χ0n) is 16.7. The Morgan fingerprint density at radius 1 is 0.900 bits per heavy atom. The number of likely N-dealkylation sites (tertiary alicyclic amines) is 1. The molecule has 30 heavy (non-hydrogen) atoms. The number of nitrogens with one attached hydrogen (secondary N) is 1. The number of hydrogen-bond donors (Lipinski definition) is 1. The summed E-state index contributed by atoms with van der Waals surface area (Å²) in [6.45, 7) is 0. The lowest BCUT2D eigenvalue weighted by Crippen LogP contribution is -2.44. The molecule has 1 aromatic carbocycles. The molecular weight excluding hydrogens is 444 g/mol. The highest BCUT2D eigenvalue weighted by molar-refractivity contribution is 9.10. The lowest BCUT2D eigenvalue weighted by atomic mass is 9.63. The molecule has 1 aromatic rings. The summed E-state index contributed by atoms with van der Waals surface area (Å²) >= 11 is 3.40. The average Bonchev–Trinajstić information content (AvgIpc) is 3.53. The van der Waals surface area contributed by atoms with Gasteiger partial charge in [-0.05, 0) is 80.0 Å². The Kier molecular flexibility index (Phi) is 4.24. The van der Waals surface area contributed by atoms with Crippen LogP contribution < -0.4 is 5.32 Å². The summed E-state index contributed by atoms with van der Waals surface area (Å²) in [4.78, 5) is 40.8. The molecule has 6 aliphatic rings. The Bertz CT molecular complexity index is 914. The number of nitrogens with zero attached hydrogens (tertiary/aromatic N) is 1. The third-order valence-electron chi connectivity index (χ3n) is 8.24. The molecule has 6 atom stereocenters. The van der Waals surface area contributed by atoms with E-state index in [2.05, 4.69) is 33.4 Å². The van der Waals surface area contributed by atoms with Crippen molar-refractivity contribution >= 4 is 39.3 Å². The first kappa shape index (κ1) is 18.8. The van der Waals surface area contributed by atoms with E-state index in [0.29, 0.717) is 11.8 Å². The van der Waals surface area contributed by atoms with Crippen molar-refractivity contribution in [2.75, 3.05) is 5.32 Å². The molecule has 4 fully saturated rings. The van der Waals surface area contributed by atoms with Crippen molar-refractivity contribution in [3.8, 4) is 0 Å². The normalized spacial score (nSPS) is 40.9. The molecule has 5 aliphatic carbocycles. The molecule has 3 amide bonds. The summed E-state index contributed by atoms with van der Waals surface area (Å²) in [5, 5.41) is 3.00. The van der Waals surface area contributed by atoms with Crippen LogP contribution in [0, 0.1) is 41.4 Å². The van der Waals surface area contributed by atoms with Gasteiger partial charge in [0.25, 0.3) is 0 Å². The summed E-state index contributed by atoms with van der Waals surface area (Å²) in [6, 6.07) is 7.53. The van der Waals surface area contributed by atoms with Gasteiger partial charge in [-0.25, -0.2) is 0 Å². The highest BCUT2D eigenvalue weighted by Gasteiger charge is 2.67. The Balaban J connectivity index is 1.11. The minimum absolute atomic E-state index is 0.0332. The summed E-state index contributed by atoms with van der Waals surface area (Å²) < 4.78 is 0.975. The standard InChI is InChI=1S/C24H25BrN2O3/c25-13-3-5-14(6-4-13)26-22(28)12-1-7-15(8-2-12)27-23(29)20-16-9-10-17(19-11-18(16)19)21(20)24(27)30/h3-6,9-10,12,15-21H,1-2,7-8,11H2,(H,26,28)/t12?,15?,16-,17-,18-,19-,20+,21+/m1/s1. The van der Waals surface area contributed by atoms with Gasteiger partial charge in [0.2, 0.25) is 17.7 Å². The molecule has 0 unspecified atom stereocenters. The molecule has 156 valence electrons. The number of hydrogen-bond acceptors (Lipinski definition) is 3. The van der Waals surface area contributed by atoms with Crippen molar-refractivity contribution in [3.63, 3.8) is 0 Å². The highest BCUT2D eigenvalue weighted by Crippen LogP contribution is 2.65. The predicted octanol–water partition coefficient (Wildman–Crippen LogP) is 4.00. The van der Waals surface area contributed by atoms with Gasteiger partial charge >= 0.3 is 0 Å². The minimum Gasteiger partial charge on any atom is -0.326 e. The molecule has 6 heteroatoms. The van der Waals surface area contributed by atoms with Crippen LogP contribution in [0.15, 0.2) is 40.9 Å². The number of benzene rings is 1. The fourth-order valence-electron chi connectivity index (χ4n) is 6.71. The van der Waals surface area contributed by atoms with Crippen LogP contribution in [-0.2, 0) is 14.4 Å². The van der Waals surface area contributed by atoms with Crippen molar-refractivity contribution in [1.29, 1.82) is 0 Å². The molecule has 0 spiro atoms. The van der Waals surface area contributed by atoms with Crippen LogP contribution in [-0.4, -0.2) is 28.7 Å². The lowest BCUT2D eigenvalue weighted by molar-refractivity contribution is -0.144. The van der Waals surface area contributed by atoms with Crippen LogP contribution >= 0.6 is 15.9 Å². The number of amides is 3. The van der Waals surface area contributed by atoms with E-state index in [1.807, 2.05) is 24.3 Å². The van der Waals surface area contributed by atoms with E-state index in [-0.39, 0.29) is 53.4 Å². The first-order valence-electron chi connectivity index (χ1n) is 11.1. The SMILES string of the molecule is O=C(Nc1ccc(Br)cc1)C1CCC(N2C(=O)[C@H]3[C@@H]4C=C[C@H]([C@H]5C[C@H]45)[C@@H]3C2=O)CC1. The summed E-state index contributed by atoms with van der Waals surface area (Å²) in [5.41, 5.74) is 0.792. The first-order chi connectivity index (χ1) is 14.5. The van der Waals surface area contributed by atoms with Gasteiger partial charge in [-0.3, -0.25) is 19.3 Å². The smallest absolute Gasteiger partial charge is 0.233 e. The van der Waals surface area contributed by atoms with Gasteiger partial charge in [0.15, 0.2) is 0 Å². The third-order valence-corrected chi connectivity index (χ3v) is 8.77. The maximum atomic E-state index is 13.3. The van der Waals surface area contributed by atoms with Crippen LogP contribution in [0.5, 0.6) is 0 Å². The fourth-order valence-corrected chi connectivity index (χ4v) is 6.98. The van der Waals surface area contributed by atoms with E-state index in [4.69, 9.17) is 0 Å². The first-order valence-corrected chi connectivity index (χ1v) is 11.9. The van der Waals surface area contributed by atoms with Gasteiger partial charge < -0.3 is 5.32 Å². The second kappa shape index (κ2) is 6.78. The zero-order chi connectivity index (χ0) is 20.6. The van der Waals surface area contributed by atoms with E-state index in [1.165, 1.54) is 6.42 Å². The van der Waals surface area contributed by atoms with Gasteiger partial charge in [0.1, 0.15) is 0 Å². The fraction of sp³-hybridized carbons (Fsp3) is 0.542. The van der Waals surface area contributed by atoms with E-state index < -0.39 is 0 Å². The largest absolute Gasteiger partial charge is 0.326 e. The molecule has 0 radical (unpaired) electrons. The number of rotatable bonds is 3. The quantitative estimate of drug-likeness (QED) is 0.538. The van der Waals surface area contributed by atoms with Crippen LogP contribution in [0.2, 0.25) is 0 Å². The predicted molar refractivity (Wildman–Crippen MR) is 115 cm³/mol. The van der Waals surface area contributed by atoms with Crippen molar-refractivity contribution in [3.05, 3.63) is 40.9 Å². The Labute approximate surface area is 184 Å². The molecule has 2 bridgehead atoms. The number of imide groups is 1. The van der Waals surface area contributed by atoms with Crippen LogP contribution in [0.1, 0.15) is 32.1 Å². The Morgan fingerprint density at radius 2 is 1.47 bits per heavy atom. The van der Waals surface area contributed by atoms with Gasteiger partial charge in [0.05, 0.1) is 11.8 Å².